The second-order valence-corrected chi connectivity index (χ2v) is 6.96. The van der Waals surface area contributed by atoms with Crippen LogP contribution in [0.3, 0.4) is 0 Å². The molecule has 1 aromatic rings. The van der Waals surface area contributed by atoms with Gasteiger partial charge in [0.15, 0.2) is 0 Å². The quantitative estimate of drug-likeness (QED) is 0.891. The van der Waals surface area contributed by atoms with E-state index in [-0.39, 0.29) is 17.7 Å². The lowest BCUT2D eigenvalue weighted by molar-refractivity contribution is -0.134. The molecule has 2 amide bonds. The fourth-order valence-electron chi connectivity index (χ4n) is 3.19. The summed E-state index contributed by atoms with van der Waals surface area (Å²) in [4.78, 5) is 25.6. The predicted molar refractivity (Wildman–Crippen MR) is 88.7 cm³/mol. The Morgan fingerprint density at radius 2 is 1.87 bits per heavy atom. The number of hydrogen-bond acceptors (Lipinski definition) is 3. The normalized spacial score (nSPS) is 16.1. The van der Waals surface area contributed by atoms with Gasteiger partial charge in [-0.3, -0.25) is 14.3 Å². The molecule has 1 saturated heterocycles. The fourth-order valence-corrected chi connectivity index (χ4v) is 3.19. The summed E-state index contributed by atoms with van der Waals surface area (Å²) in [5.74, 6) is 0.294. The van der Waals surface area contributed by atoms with E-state index in [1.807, 2.05) is 23.4 Å². The van der Waals surface area contributed by atoms with Crippen molar-refractivity contribution in [1.29, 1.82) is 0 Å². The molecule has 1 fully saturated rings. The molecule has 0 unspecified atom stereocenters. The molecule has 0 atom stereocenters. The van der Waals surface area contributed by atoms with Crippen molar-refractivity contribution >= 4 is 11.8 Å². The first kappa shape index (κ1) is 17.5. The van der Waals surface area contributed by atoms with Crippen LogP contribution in [0.2, 0.25) is 0 Å². The molecule has 2 heterocycles. The molecule has 0 radical (unpaired) electrons. The first-order valence-electron chi connectivity index (χ1n) is 8.39. The molecule has 0 saturated carbocycles. The number of aryl methyl sites for hydroxylation is 1. The largest absolute Gasteiger partial charge is 0.369 e. The van der Waals surface area contributed by atoms with Gasteiger partial charge < -0.3 is 10.6 Å². The van der Waals surface area contributed by atoms with Crippen LogP contribution in [0.25, 0.3) is 0 Å². The maximum Gasteiger partial charge on any atom is 0.227 e. The zero-order valence-electron chi connectivity index (χ0n) is 14.6. The van der Waals surface area contributed by atoms with Gasteiger partial charge in [-0.15, -0.1) is 0 Å². The summed E-state index contributed by atoms with van der Waals surface area (Å²) in [6.07, 6.45) is 1.73. The van der Waals surface area contributed by atoms with Gasteiger partial charge >= 0.3 is 0 Å². The summed E-state index contributed by atoms with van der Waals surface area (Å²) >= 11 is 0. The van der Waals surface area contributed by atoms with Crippen LogP contribution in [0.15, 0.2) is 0 Å². The fraction of sp³-hybridized carbons (Fsp3) is 0.706. The lowest BCUT2D eigenvalue weighted by atomic mass is 9.96. The second kappa shape index (κ2) is 7.15. The minimum absolute atomic E-state index is 0.0867. The van der Waals surface area contributed by atoms with Gasteiger partial charge in [-0.2, -0.15) is 5.10 Å². The Morgan fingerprint density at radius 3 is 2.39 bits per heavy atom. The summed E-state index contributed by atoms with van der Waals surface area (Å²) in [6.45, 7) is 10.4. The first-order chi connectivity index (χ1) is 10.8. The number of amides is 2. The van der Waals surface area contributed by atoms with Gasteiger partial charge in [0.25, 0.3) is 0 Å². The molecular weight excluding hydrogens is 292 g/mol. The summed E-state index contributed by atoms with van der Waals surface area (Å²) in [5, 5.41) is 4.57. The third kappa shape index (κ3) is 4.12. The van der Waals surface area contributed by atoms with Crippen molar-refractivity contribution in [2.75, 3.05) is 13.1 Å². The van der Waals surface area contributed by atoms with Gasteiger partial charge in [0, 0.05) is 36.8 Å². The minimum atomic E-state index is -0.251. The number of carbonyl (C=O) groups is 2. The van der Waals surface area contributed by atoms with E-state index in [4.69, 9.17) is 5.73 Å². The van der Waals surface area contributed by atoms with Crippen molar-refractivity contribution in [3.8, 4) is 0 Å². The average Bonchev–Trinajstić information content (AvgIpc) is 2.74. The molecule has 1 aromatic heterocycles. The van der Waals surface area contributed by atoms with E-state index in [0.717, 1.165) is 23.5 Å². The highest BCUT2D eigenvalue weighted by atomic mass is 16.2. The molecule has 1 aliphatic heterocycles. The molecular formula is C17H28N4O2. The lowest BCUT2D eigenvalue weighted by Gasteiger charge is -2.30. The minimum Gasteiger partial charge on any atom is -0.369 e. The van der Waals surface area contributed by atoms with Crippen molar-refractivity contribution in [3.63, 3.8) is 0 Å². The van der Waals surface area contributed by atoms with E-state index in [1.165, 1.54) is 0 Å². The van der Waals surface area contributed by atoms with Crippen LogP contribution in [0.4, 0.5) is 0 Å². The molecule has 2 rings (SSSR count). The number of likely N-dealkylation sites (tertiary alicyclic amines) is 1. The number of nitrogens with two attached hydrogens (primary N) is 1. The third-order valence-electron chi connectivity index (χ3n) is 4.65. The molecule has 128 valence electrons. The number of nitrogens with zero attached hydrogens (tertiary/aromatic N) is 3. The van der Waals surface area contributed by atoms with Crippen molar-refractivity contribution in [2.24, 2.45) is 17.6 Å². The number of aromatic nitrogens is 2. The van der Waals surface area contributed by atoms with Gasteiger partial charge in [-0.05, 0) is 32.6 Å². The van der Waals surface area contributed by atoms with E-state index < -0.39 is 0 Å². The topological polar surface area (TPSA) is 81.2 Å². The van der Waals surface area contributed by atoms with E-state index >= 15 is 0 Å². The maximum absolute atomic E-state index is 12.6. The van der Waals surface area contributed by atoms with E-state index in [0.29, 0.717) is 38.3 Å². The van der Waals surface area contributed by atoms with Crippen LogP contribution in [0.1, 0.15) is 43.6 Å². The van der Waals surface area contributed by atoms with E-state index in [1.54, 1.807) is 0 Å². The standard InChI is InChI=1S/C17H28N4O2/c1-11(2)10-21-13(4)15(12(3)19-21)9-16(22)20-7-5-14(6-8-20)17(18)23/h11,14H,5-10H2,1-4H3,(H2,18,23). The molecule has 0 aliphatic carbocycles. The molecule has 0 aromatic carbocycles. The average molecular weight is 320 g/mol. The third-order valence-corrected chi connectivity index (χ3v) is 4.65. The molecule has 0 spiro atoms. The number of rotatable bonds is 5. The summed E-state index contributed by atoms with van der Waals surface area (Å²) in [6, 6.07) is 0. The van der Waals surface area contributed by atoms with Gasteiger partial charge in [-0.1, -0.05) is 13.8 Å². The summed E-state index contributed by atoms with van der Waals surface area (Å²) in [5.41, 5.74) is 8.39. The van der Waals surface area contributed by atoms with Crippen molar-refractivity contribution in [1.82, 2.24) is 14.7 Å². The second-order valence-electron chi connectivity index (χ2n) is 6.96. The number of carbonyl (C=O) groups excluding carboxylic acids is 2. The van der Waals surface area contributed by atoms with Crippen molar-refractivity contribution in [3.05, 3.63) is 17.0 Å². The Balaban J connectivity index is 2.01. The number of primary amides is 1. The molecule has 1 aliphatic rings. The van der Waals surface area contributed by atoms with Crippen LogP contribution < -0.4 is 5.73 Å². The zero-order valence-corrected chi connectivity index (χ0v) is 14.6. The SMILES string of the molecule is Cc1nn(CC(C)C)c(C)c1CC(=O)N1CCC(C(N)=O)CC1. The Labute approximate surface area is 138 Å². The molecule has 6 nitrogen and oxygen atoms in total. The maximum atomic E-state index is 12.6. The van der Waals surface area contributed by atoms with Crippen molar-refractivity contribution in [2.45, 2.75) is 53.5 Å². The van der Waals surface area contributed by atoms with Crippen molar-refractivity contribution < 1.29 is 9.59 Å². The number of piperidine rings is 1. The summed E-state index contributed by atoms with van der Waals surface area (Å²) < 4.78 is 2.00. The Hall–Kier alpha value is -1.85. The highest BCUT2D eigenvalue weighted by Crippen LogP contribution is 2.20. The zero-order chi connectivity index (χ0) is 17.1. The monoisotopic (exact) mass is 320 g/mol. The Morgan fingerprint density at radius 1 is 1.26 bits per heavy atom. The highest BCUT2D eigenvalue weighted by molar-refractivity contribution is 5.80. The van der Waals surface area contributed by atoms with E-state index in [9.17, 15) is 9.59 Å². The van der Waals surface area contributed by atoms with Crippen LogP contribution in [0.5, 0.6) is 0 Å². The van der Waals surface area contributed by atoms with E-state index in [2.05, 4.69) is 18.9 Å². The molecule has 23 heavy (non-hydrogen) atoms. The highest BCUT2D eigenvalue weighted by Gasteiger charge is 2.27. The first-order valence-corrected chi connectivity index (χ1v) is 8.39. The Kier molecular flexibility index (Phi) is 5.44. The lowest BCUT2D eigenvalue weighted by Crippen LogP contribution is -2.42. The van der Waals surface area contributed by atoms with Gasteiger partial charge in [0.05, 0.1) is 12.1 Å². The van der Waals surface area contributed by atoms with Crippen LogP contribution >= 0.6 is 0 Å². The predicted octanol–water partition coefficient (Wildman–Crippen LogP) is 1.42. The smallest absolute Gasteiger partial charge is 0.227 e. The van der Waals surface area contributed by atoms with Gasteiger partial charge in [0.2, 0.25) is 11.8 Å². The van der Waals surface area contributed by atoms with Gasteiger partial charge in [0.1, 0.15) is 0 Å². The van der Waals surface area contributed by atoms with Crippen LogP contribution in [-0.2, 0) is 22.6 Å². The molecule has 2 N–H and O–H groups in total. The molecule has 6 heteroatoms. The van der Waals surface area contributed by atoms with Crippen LogP contribution in [0, 0.1) is 25.7 Å². The number of hydrogen-bond donors (Lipinski definition) is 1. The Bertz CT molecular complexity index is 584. The van der Waals surface area contributed by atoms with Gasteiger partial charge in [-0.25, -0.2) is 0 Å². The molecule has 0 bridgehead atoms. The van der Waals surface area contributed by atoms with Crippen LogP contribution in [-0.4, -0.2) is 39.6 Å². The summed E-state index contributed by atoms with van der Waals surface area (Å²) in [7, 11) is 0.